The van der Waals surface area contributed by atoms with Gasteiger partial charge in [0.15, 0.2) is 0 Å². The highest BCUT2D eigenvalue weighted by atomic mass is 16.1. The zero-order chi connectivity index (χ0) is 17.6. The molecule has 1 heterocycles. The zero-order valence-electron chi connectivity index (χ0n) is 13.5. The summed E-state index contributed by atoms with van der Waals surface area (Å²) in [6.07, 6.45) is 2.88. The van der Waals surface area contributed by atoms with Crippen molar-refractivity contribution in [3.8, 4) is 6.07 Å². The van der Waals surface area contributed by atoms with Gasteiger partial charge in [0.1, 0.15) is 11.5 Å². The smallest absolute Gasteiger partial charge is 0.275 e. The second-order valence-electron chi connectivity index (χ2n) is 5.42. The lowest BCUT2D eigenvalue weighted by Crippen LogP contribution is -2.14. The van der Waals surface area contributed by atoms with Gasteiger partial charge in [-0.15, -0.1) is 0 Å². The molecule has 0 radical (unpaired) electrons. The maximum absolute atomic E-state index is 12.2. The molecular formula is C19H15N5O. The molecule has 0 bridgehead atoms. The van der Waals surface area contributed by atoms with Crippen molar-refractivity contribution in [3.05, 3.63) is 77.7 Å². The SMILES string of the molecule is Cc1ccc(NC(=O)c2cnc(Nc3cccc(C#N)c3)cn2)cc1. The van der Waals surface area contributed by atoms with E-state index >= 15 is 0 Å². The van der Waals surface area contributed by atoms with E-state index in [-0.39, 0.29) is 11.6 Å². The third kappa shape index (κ3) is 4.18. The quantitative estimate of drug-likeness (QED) is 0.762. The molecule has 25 heavy (non-hydrogen) atoms. The van der Waals surface area contributed by atoms with Crippen LogP contribution in [0.4, 0.5) is 17.2 Å². The van der Waals surface area contributed by atoms with Gasteiger partial charge in [-0.05, 0) is 37.3 Å². The number of rotatable bonds is 4. The summed E-state index contributed by atoms with van der Waals surface area (Å²) in [6, 6.07) is 16.6. The lowest BCUT2D eigenvalue weighted by Gasteiger charge is -2.07. The van der Waals surface area contributed by atoms with Crippen LogP contribution in [0.15, 0.2) is 60.9 Å². The van der Waals surface area contributed by atoms with Crippen molar-refractivity contribution >= 4 is 23.1 Å². The fourth-order valence-electron chi connectivity index (χ4n) is 2.16. The van der Waals surface area contributed by atoms with Gasteiger partial charge in [0, 0.05) is 11.4 Å². The minimum Gasteiger partial charge on any atom is -0.339 e. The highest BCUT2D eigenvalue weighted by Crippen LogP contribution is 2.15. The van der Waals surface area contributed by atoms with E-state index in [9.17, 15) is 4.79 Å². The Hall–Kier alpha value is -3.72. The fourth-order valence-corrected chi connectivity index (χ4v) is 2.16. The molecule has 1 aromatic heterocycles. The van der Waals surface area contributed by atoms with Crippen molar-refractivity contribution in [2.45, 2.75) is 6.92 Å². The Bertz CT molecular complexity index is 927. The minimum absolute atomic E-state index is 0.219. The predicted octanol–water partition coefficient (Wildman–Crippen LogP) is 3.65. The summed E-state index contributed by atoms with van der Waals surface area (Å²) in [6.45, 7) is 1.98. The van der Waals surface area contributed by atoms with Gasteiger partial charge in [0.05, 0.1) is 24.0 Å². The van der Waals surface area contributed by atoms with Crippen LogP contribution in [0, 0.1) is 18.3 Å². The molecule has 0 fully saturated rings. The van der Waals surface area contributed by atoms with E-state index in [4.69, 9.17) is 5.26 Å². The lowest BCUT2D eigenvalue weighted by atomic mass is 10.2. The monoisotopic (exact) mass is 329 g/mol. The van der Waals surface area contributed by atoms with E-state index in [0.29, 0.717) is 17.1 Å². The Kier molecular flexibility index (Phi) is 4.67. The molecule has 0 spiro atoms. The summed E-state index contributed by atoms with van der Waals surface area (Å²) in [5.74, 6) is 0.163. The molecule has 0 aliphatic carbocycles. The summed E-state index contributed by atoms with van der Waals surface area (Å²) in [7, 11) is 0. The first-order valence-corrected chi connectivity index (χ1v) is 7.61. The fraction of sp³-hybridized carbons (Fsp3) is 0.0526. The molecule has 3 rings (SSSR count). The van der Waals surface area contributed by atoms with Crippen LogP contribution in [-0.4, -0.2) is 15.9 Å². The van der Waals surface area contributed by atoms with E-state index in [2.05, 4.69) is 26.7 Å². The Labute approximate surface area is 145 Å². The van der Waals surface area contributed by atoms with Crippen molar-refractivity contribution in [1.82, 2.24) is 9.97 Å². The molecule has 1 amide bonds. The number of aromatic nitrogens is 2. The van der Waals surface area contributed by atoms with Crippen LogP contribution in [0.3, 0.4) is 0 Å². The molecule has 0 unspecified atom stereocenters. The second-order valence-corrected chi connectivity index (χ2v) is 5.42. The van der Waals surface area contributed by atoms with Crippen LogP contribution in [0.5, 0.6) is 0 Å². The molecule has 0 saturated heterocycles. The largest absolute Gasteiger partial charge is 0.339 e. The van der Waals surface area contributed by atoms with Crippen LogP contribution in [0.2, 0.25) is 0 Å². The van der Waals surface area contributed by atoms with Gasteiger partial charge >= 0.3 is 0 Å². The van der Waals surface area contributed by atoms with Gasteiger partial charge in [-0.1, -0.05) is 23.8 Å². The number of carbonyl (C=O) groups excluding carboxylic acids is 1. The standard InChI is InChI=1S/C19H15N5O/c1-13-5-7-15(8-6-13)24-19(25)17-11-22-18(12-21-17)23-16-4-2-3-14(9-16)10-20/h2-9,11-12H,1H3,(H,22,23)(H,24,25). The average molecular weight is 329 g/mol. The molecule has 6 heteroatoms. The van der Waals surface area contributed by atoms with E-state index in [1.165, 1.54) is 12.4 Å². The van der Waals surface area contributed by atoms with Gasteiger partial charge in [0.2, 0.25) is 0 Å². The van der Waals surface area contributed by atoms with Gasteiger partial charge < -0.3 is 10.6 Å². The Morgan fingerprint density at radius 3 is 2.52 bits per heavy atom. The number of nitrogens with one attached hydrogen (secondary N) is 2. The number of nitriles is 1. The van der Waals surface area contributed by atoms with Crippen LogP contribution in [0.1, 0.15) is 21.6 Å². The van der Waals surface area contributed by atoms with Crippen molar-refractivity contribution < 1.29 is 4.79 Å². The molecule has 0 saturated carbocycles. The normalized spacial score (nSPS) is 9.92. The average Bonchev–Trinajstić information content (AvgIpc) is 2.64. The maximum Gasteiger partial charge on any atom is 0.275 e. The first-order chi connectivity index (χ1) is 12.1. The number of anilines is 3. The Morgan fingerprint density at radius 1 is 1.04 bits per heavy atom. The number of amides is 1. The second kappa shape index (κ2) is 7.23. The molecule has 122 valence electrons. The Morgan fingerprint density at radius 2 is 1.84 bits per heavy atom. The number of benzene rings is 2. The highest BCUT2D eigenvalue weighted by Gasteiger charge is 2.08. The van der Waals surface area contributed by atoms with Crippen molar-refractivity contribution in [2.24, 2.45) is 0 Å². The van der Waals surface area contributed by atoms with Crippen LogP contribution in [-0.2, 0) is 0 Å². The molecule has 0 aliphatic rings. The minimum atomic E-state index is -0.325. The maximum atomic E-state index is 12.2. The van der Waals surface area contributed by atoms with E-state index < -0.39 is 0 Å². The van der Waals surface area contributed by atoms with E-state index in [1.807, 2.05) is 37.3 Å². The van der Waals surface area contributed by atoms with Crippen molar-refractivity contribution in [1.29, 1.82) is 5.26 Å². The third-order valence-corrected chi connectivity index (χ3v) is 3.46. The molecule has 3 aromatic rings. The van der Waals surface area contributed by atoms with E-state index in [1.54, 1.807) is 18.2 Å². The summed E-state index contributed by atoms with van der Waals surface area (Å²) >= 11 is 0. The van der Waals surface area contributed by atoms with Gasteiger partial charge in [-0.3, -0.25) is 4.79 Å². The van der Waals surface area contributed by atoms with E-state index in [0.717, 1.165) is 11.3 Å². The first-order valence-electron chi connectivity index (χ1n) is 7.61. The zero-order valence-corrected chi connectivity index (χ0v) is 13.5. The third-order valence-electron chi connectivity index (χ3n) is 3.46. The number of carbonyl (C=O) groups is 1. The molecule has 2 N–H and O–H groups in total. The first kappa shape index (κ1) is 16.1. The number of aryl methyl sites for hydroxylation is 1. The van der Waals surface area contributed by atoms with Gasteiger partial charge in [0.25, 0.3) is 5.91 Å². The van der Waals surface area contributed by atoms with Crippen LogP contribution >= 0.6 is 0 Å². The molecular weight excluding hydrogens is 314 g/mol. The van der Waals surface area contributed by atoms with Gasteiger partial charge in [-0.25, -0.2) is 9.97 Å². The van der Waals surface area contributed by atoms with Crippen molar-refractivity contribution in [2.75, 3.05) is 10.6 Å². The van der Waals surface area contributed by atoms with Crippen LogP contribution in [0.25, 0.3) is 0 Å². The summed E-state index contributed by atoms with van der Waals surface area (Å²) in [5.41, 5.74) is 3.32. The highest BCUT2D eigenvalue weighted by molar-refractivity contribution is 6.02. The summed E-state index contributed by atoms with van der Waals surface area (Å²) in [4.78, 5) is 20.5. The lowest BCUT2D eigenvalue weighted by molar-refractivity contribution is 0.102. The number of nitrogens with zero attached hydrogens (tertiary/aromatic N) is 3. The Balaban J connectivity index is 1.68. The van der Waals surface area contributed by atoms with Crippen LogP contribution < -0.4 is 10.6 Å². The topological polar surface area (TPSA) is 90.7 Å². The number of hydrogen-bond acceptors (Lipinski definition) is 5. The molecule has 0 atom stereocenters. The molecule has 6 nitrogen and oxygen atoms in total. The number of hydrogen-bond donors (Lipinski definition) is 2. The molecule has 2 aromatic carbocycles. The molecule has 0 aliphatic heterocycles. The summed E-state index contributed by atoms with van der Waals surface area (Å²) < 4.78 is 0. The van der Waals surface area contributed by atoms with Crippen molar-refractivity contribution in [3.63, 3.8) is 0 Å². The summed E-state index contributed by atoms with van der Waals surface area (Å²) in [5, 5.41) is 14.7. The predicted molar refractivity (Wildman–Crippen MR) is 95.6 cm³/mol. The van der Waals surface area contributed by atoms with Gasteiger partial charge in [-0.2, -0.15) is 5.26 Å².